The number of anilines is 1. The molecule has 0 amide bonds. The Morgan fingerprint density at radius 2 is 2.06 bits per heavy atom. The fourth-order valence-corrected chi connectivity index (χ4v) is 3.12. The fraction of sp³-hybridized carbons (Fsp3) is 0.833. The molecule has 0 radical (unpaired) electrons. The summed E-state index contributed by atoms with van der Waals surface area (Å²) in [5.74, 6) is 0. The molecule has 2 heterocycles. The number of nitrogens with one attached hydrogen (secondary N) is 1. The minimum Gasteiger partial charge on any atom is -0.367 e. The number of aryl methyl sites for hydroxylation is 1. The van der Waals surface area contributed by atoms with Crippen molar-refractivity contribution in [3.05, 3.63) is 5.01 Å². The zero-order chi connectivity index (χ0) is 12.7. The van der Waals surface area contributed by atoms with Crippen LogP contribution in [0.25, 0.3) is 0 Å². The Kier molecular flexibility index (Phi) is 3.16. The molecule has 1 aliphatic rings. The maximum atomic E-state index is 6.05. The lowest BCUT2D eigenvalue weighted by Crippen LogP contribution is -2.38. The molecule has 1 atom stereocenters. The van der Waals surface area contributed by atoms with Crippen molar-refractivity contribution in [2.24, 2.45) is 0 Å². The van der Waals surface area contributed by atoms with Crippen LogP contribution in [0.4, 0.5) is 5.13 Å². The van der Waals surface area contributed by atoms with Gasteiger partial charge in [-0.2, -0.15) is 0 Å². The van der Waals surface area contributed by atoms with E-state index in [0.717, 1.165) is 23.0 Å². The Morgan fingerprint density at radius 3 is 2.53 bits per heavy atom. The maximum absolute atomic E-state index is 6.05. The molecule has 0 bridgehead atoms. The summed E-state index contributed by atoms with van der Waals surface area (Å²) in [5, 5.41) is 13.7. The predicted octanol–water partition coefficient (Wildman–Crippen LogP) is 2.86. The summed E-state index contributed by atoms with van der Waals surface area (Å²) in [4.78, 5) is 0. The molecule has 0 saturated carbocycles. The number of hydrogen-bond acceptors (Lipinski definition) is 5. The lowest BCUT2D eigenvalue weighted by molar-refractivity contribution is -0.0662. The molecule has 1 aromatic rings. The summed E-state index contributed by atoms with van der Waals surface area (Å²) >= 11 is 1.63. The molecule has 1 aliphatic heterocycles. The topological polar surface area (TPSA) is 47.0 Å². The zero-order valence-electron chi connectivity index (χ0n) is 11.2. The van der Waals surface area contributed by atoms with Crippen molar-refractivity contribution < 1.29 is 4.74 Å². The average molecular weight is 255 g/mol. The second kappa shape index (κ2) is 4.21. The quantitative estimate of drug-likeness (QED) is 0.902. The first-order valence-electron chi connectivity index (χ1n) is 6.11. The molecule has 1 aromatic heterocycles. The molecule has 1 fully saturated rings. The van der Waals surface area contributed by atoms with Gasteiger partial charge in [0.1, 0.15) is 5.01 Å². The molecule has 1 N–H and O–H groups in total. The highest BCUT2D eigenvalue weighted by Gasteiger charge is 2.46. The standard InChI is InChI=1S/C12H21N3OS/c1-6-9-14-15-10(17-9)13-8-7-11(2,3)16-12(8,4)5/h8H,6-7H2,1-5H3,(H,13,15). The van der Waals surface area contributed by atoms with Crippen LogP contribution in [0.1, 0.15) is 46.0 Å². The Labute approximate surface area is 107 Å². The van der Waals surface area contributed by atoms with Crippen LogP contribution < -0.4 is 5.32 Å². The normalized spacial score (nSPS) is 26.1. The van der Waals surface area contributed by atoms with Gasteiger partial charge in [0.25, 0.3) is 0 Å². The monoisotopic (exact) mass is 255 g/mol. The Balaban J connectivity index is 2.08. The van der Waals surface area contributed by atoms with Crippen LogP contribution in [0.15, 0.2) is 0 Å². The fourth-order valence-electron chi connectivity index (χ4n) is 2.39. The lowest BCUT2D eigenvalue weighted by Gasteiger charge is -2.27. The molecule has 17 heavy (non-hydrogen) atoms. The molecular weight excluding hydrogens is 234 g/mol. The molecule has 1 saturated heterocycles. The second-order valence-corrected chi connectivity index (χ2v) is 6.78. The van der Waals surface area contributed by atoms with Crippen molar-refractivity contribution in [3.63, 3.8) is 0 Å². The number of rotatable bonds is 3. The molecule has 4 nitrogen and oxygen atoms in total. The third kappa shape index (κ3) is 2.77. The van der Waals surface area contributed by atoms with Crippen molar-refractivity contribution in [2.45, 2.75) is 64.7 Å². The van der Waals surface area contributed by atoms with E-state index in [0.29, 0.717) is 0 Å². The van der Waals surface area contributed by atoms with Gasteiger partial charge in [0.05, 0.1) is 17.2 Å². The van der Waals surface area contributed by atoms with Gasteiger partial charge in [0, 0.05) is 0 Å². The van der Waals surface area contributed by atoms with E-state index in [1.165, 1.54) is 0 Å². The Hall–Kier alpha value is -0.680. The zero-order valence-corrected chi connectivity index (χ0v) is 12.0. The van der Waals surface area contributed by atoms with Crippen LogP contribution in [-0.2, 0) is 11.2 Å². The molecule has 2 rings (SSSR count). The summed E-state index contributed by atoms with van der Waals surface area (Å²) in [5.41, 5.74) is -0.235. The molecule has 0 aromatic carbocycles. The summed E-state index contributed by atoms with van der Waals surface area (Å²) in [6.07, 6.45) is 1.93. The molecular formula is C12H21N3OS. The van der Waals surface area contributed by atoms with Crippen LogP contribution in [0.5, 0.6) is 0 Å². The van der Waals surface area contributed by atoms with Crippen molar-refractivity contribution >= 4 is 16.5 Å². The van der Waals surface area contributed by atoms with Gasteiger partial charge in [-0.3, -0.25) is 0 Å². The van der Waals surface area contributed by atoms with Crippen molar-refractivity contribution in [2.75, 3.05) is 5.32 Å². The minimum atomic E-state index is -0.165. The number of aromatic nitrogens is 2. The first kappa shape index (κ1) is 12.8. The first-order valence-corrected chi connectivity index (χ1v) is 6.93. The number of ether oxygens (including phenoxy) is 1. The molecule has 5 heteroatoms. The van der Waals surface area contributed by atoms with E-state index in [1.807, 2.05) is 0 Å². The Morgan fingerprint density at radius 1 is 1.35 bits per heavy atom. The molecule has 96 valence electrons. The van der Waals surface area contributed by atoms with Gasteiger partial charge >= 0.3 is 0 Å². The maximum Gasteiger partial charge on any atom is 0.205 e. The van der Waals surface area contributed by atoms with Gasteiger partial charge in [0.15, 0.2) is 0 Å². The van der Waals surface area contributed by atoms with Crippen LogP contribution >= 0.6 is 11.3 Å². The van der Waals surface area contributed by atoms with Crippen molar-refractivity contribution in [1.29, 1.82) is 0 Å². The Bertz CT molecular complexity index is 400. The van der Waals surface area contributed by atoms with E-state index in [9.17, 15) is 0 Å². The van der Waals surface area contributed by atoms with Gasteiger partial charge in [-0.15, -0.1) is 10.2 Å². The van der Waals surface area contributed by atoms with E-state index in [4.69, 9.17) is 4.74 Å². The van der Waals surface area contributed by atoms with Crippen molar-refractivity contribution in [3.8, 4) is 0 Å². The van der Waals surface area contributed by atoms with E-state index in [1.54, 1.807) is 11.3 Å². The molecule has 0 spiro atoms. The molecule has 0 aliphatic carbocycles. The number of hydrogen-bond donors (Lipinski definition) is 1. The lowest BCUT2D eigenvalue weighted by atomic mass is 9.95. The first-order chi connectivity index (χ1) is 7.82. The van der Waals surface area contributed by atoms with Gasteiger partial charge in [-0.05, 0) is 40.5 Å². The highest BCUT2D eigenvalue weighted by molar-refractivity contribution is 7.15. The van der Waals surface area contributed by atoms with Gasteiger partial charge < -0.3 is 10.1 Å². The van der Waals surface area contributed by atoms with Gasteiger partial charge in [0.2, 0.25) is 5.13 Å². The third-order valence-electron chi connectivity index (χ3n) is 3.14. The summed E-state index contributed by atoms with van der Waals surface area (Å²) < 4.78 is 6.05. The smallest absolute Gasteiger partial charge is 0.205 e. The van der Waals surface area contributed by atoms with Gasteiger partial charge in [-0.1, -0.05) is 18.3 Å². The largest absolute Gasteiger partial charge is 0.367 e. The number of nitrogens with zero attached hydrogens (tertiary/aromatic N) is 2. The highest BCUT2D eigenvalue weighted by Crippen LogP contribution is 2.39. The van der Waals surface area contributed by atoms with E-state index < -0.39 is 0 Å². The van der Waals surface area contributed by atoms with Crippen LogP contribution in [0.3, 0.4) is 0 Å². The third-order valence-corrected chi connectivity index (χ3v) is 4.14. The summed E-state index contributed by atoms with van der Waals surface area (Å²) in [7, 11) is 0. The van der Waals surface area contributed by atoms with Crippen LogP contribution in [0.2, 0.25) is 0 Å². The minimum absolute atomic E-state index is 0.0700. The van der Waals surface area contributed by atoms with E-state index in [2.05, 4.69) is 50.1 Å². The average Bonchev–Trinajstić information content (AvgIpc) is 2.69. The van der Waals surface area contributed by atoms with Gasteiger partial charge in [-0.25, -0.2) is 0 Å². The van der Waals surface area contributed by atoms with E-state index >= 15 is 0 Å². The van der Waals surface area contributed by atoms with Crippen molar-refractivity contribution in [1.82, 2.24) is 10.2 Å². The predicted molar refractivity (Wildman–Crippen MR) is 70.6 cm³/mol. The SMILES string of the molecule is CCc1nnc(NC2CC(C)(C)OC2(C)C)s1. The summed E-state index contributed by atoms with van der Waals surface area (Å²) in [6, 6.07) is 0.287. The molecule has 1 unspecified atom stereocenters. The second-order valence-electron chi connectivity index (χ2n) is 5.72. The van der Waals surface area contributed by atoms with Crippen LogP contribution in [-0.4, -0.2) is 27.4 Å². The highest BCUT2D eigenvalue weighted by atomic mass is 32.1. The summed E-state index contributed by atoms with van der Waals surface area (Å²) in [6.45, 7) is 10.6. The van der Waals surface area contributed by atoms with Crippen LogP contribution in [0, 0.1) is 0 Å². The van der Waals surface area contributed by atoms with E-state index in [-0.39, 0.29) is 17.2 Å².